The van der Waals surface area contributed by atoms with E-state index in [0.717, 1.165) is 81.8 Å². The second kappa shape index (κ2) is 13.6. The lowest BCUT2D eigenvalue weighted by molar-refractivity contribution is 0.0660. The minimum Gasteiger partial charge on any atom is -0.354 e. The van der Waals surface area contributed by atoms with Crippen molar-refractivity contribution in [1.29, 1.82) is 0 Å². The van der Waals surface area contributed by atoms with Gasteiger partial charge in [-0.2, -0.15) is 0 Å². The second-order valence-corrected chi connectivity index (χ2v) is 9.34. The highest BCUT2D eigenvalue weighted by atomic mass is 16.7. The summed E-state index contributed by atoms with van der Waals surface area (Å²) < 4.78 is 0. The van der Waals surface area contributed by atoms with Crippen LogP contribution in [0.25, 0.3) is 0 Å². The fourth-order valence-corrected chi connectivity index (χ4v) is 4.37. The van der Waals surface area contributed by atoms with Gasteiger partial charge >= 0.3 is 12.2 Å². The lowest BCUT2D eigenvalue weighted by Gasteiger charge is -2.34. The van der Waals surface area contributed by atoms with Gasteiger partial charge in [0.05, 0.1) is 5.71 Å². The lowest BCUT2D eigenvalue weighted by atomic mass is 9.76. The molecule has 3 N–H and O–H groups in total. The monoisotopic (exact) mass is 438 g/mol. The Labute approximate surface area is 187 Å². The van der Waals surface area contributed by atoms with Crippen molar-refractivity contribution in [1.82, 2.24) is 16.1 Å². The SMILES string of the molecule is CC/C(C)=N/OC(=O)NC1CCC(CC2CCC(NC(=O)ONC(C)CC)CC2)CC1. The average Bonchev–Trinajstić information content (AvgIpc) is 2.78. The first-order chi connectivity index (χ1) is 14.9. The Morgan fingerprint density at radius 2 is 1.42 bits per heavy atom. The van der Waals surface area contributed by atoms with Crippen LogP contribution in [0.5, 0.6) is 0 Å². The van der Waals surface area contributed by atoms with Crippen LogP contribution < -0.4 is 16.1 Å². The first-order valence-electron chi connectivity index (χ1n) is 12.1. The third-order valence-electron chi connectivity index (χ3n) is 6.77. The van der Waals surface area contributed by atoms with Crippen LogP contribution in [0.3, 0.4) is 0 Å². The fourth-order valence-electron chi connectivity index (χ4n) is 4.37. The molecule has 0 spiro atoms. The van der Waals surface area contributed by atoms with Crippen LogP contribution in [-0.2, 0) is 9.68 Å². The number of carbonyl (C=O) groups is 2. The van der Waals surface area contributed by atoms with Gasteiger partial charge in [0.25, 0.3) is 0 Å². The van der Waals surface area contributed by atoms with Gasteiger partial charge in [-0.15, -0.1) is 5.48 Å². The largest absolute Gasteiger partial charge is 0.433 e. The van der Waals surface area contributed by atoms with E-state index in [1.165, 1.54) is 6.42 Å². The molecule has 178 valence electrons. The van der Waals surface area contributed by atoms with E-state index in [-0.39, 0.29) is 24.2 Å². The van der Waals surface area contributed by atoms with Crippen molar-refractivity contribution < 1.29 is 19.3 Å². The first kappa shape index (κ1) is 25.4. The Hall–Kier alpha value is -1.83. The number of hydrogen-bond acceptors (Lipinski definition) is 6. The molecule has 0 saturated heterocycles. The molecule has 0 bridgehead atoms. The minimum atomic E-state index is -0.444. The zero-order chi connectivity index (χ0) is 22.6. The predicted molar refractivity (Wildman–Crippen MR) is 122 cm³/mol. The molecule has 0 aromatic heterocycles. The second-order valence-electron chi connectivity index (χ2n) is 9.34. The van der Waals surface area contributed by atoms with Crippen LogP contribution in [0.2, 0.25) is 0 Å². The van der Waals surface area contributed by atoms with Gasteiger partial charge in [0.15, 0.2) is 0 Å². The Kier molecular flexibility index (Phi) is 11.1. The van der Waals surface area contributed by atoms with Crippen molar-refractivity contribution in [3.63, 3.8) is 0 Å². The van der Waals surface area contributed by atoms with Gasteiger partial charge in [0, 0.05) is 18.1 Å². The topological polar surface area (TPSA) is 101 Å². The van der Waals surface area contributed by atoms with E-state index >= 15 is 0 Å². The molecule has 0 heterocycles. The summed E-state index contributed by atoms with van der Waals surface area (Å²) in [5, 5.41) is 9.74. The zero-order valence-electron chi connectivity index (χ0n) is 19.7. The molecule has 2 amide bonds. The molecular formula is C23H42N4O4. The van der Waals surface area contributed by atoms with Gasteiger partial charge in [-0.25, -0.2) is 9.59 Å². The maximum absolute atomic E-state index is 11.9. The molecule has 2 fully saturated rings. The summed E-state index contributed by atoms with van der Waals surface area (Å²) in [5.74, 6) is 1.46. The van der Waals surface area contributed by atoms with Crippen LogP contribution in [0.4, 0.5) is 9.59 Å². The molecule has 0 aliphatic heterocycles. The van der Waals surface area contributed by atoms with E-state index in [0.29, 0.717) is 0 Å². The summed E-state index contributed by atoms with van der Waals surface area (Å²) in [6.07, 6.45) is 10.8. The Bertz CT molecular complexity index is 582. The highest BCUT2D eigenvalue weighted by molar-refractivity contribution is 5.81. The molecule has 31 heavy (non-hydrogen) atoms. The maximum Gasteiger partial charge on any atom is 0.433 e. The van der Waals surface area contributed by atoms with Gasteiger partial charge in [-0.1, -0.05) is 19.0 Å². The van der Waals surface area contributed by atoms with E-state index in [4.69, 9.17) is 9.68 Å². The van der Waals surface area contributed by atoms with E-state index in [1.54, 1.807) is 0 Å². The smallest absolute Gasteiger partial charge is 0.354 e. The number of amides is 2. The molecule has 2 aliphatic carbocycles. The van der Waals surface area contributed by atoms with E-state index in [1.807, 2.05) is 27.7 Å². The number of hydrogen-bond donors (Lipinski definition) is 3. The quantitative estimate of drug-likeness (QED) is 0.266. The molecule has 2 rings (SSSR count). The summed E-state index contributed by atoms with van der Waals surface area (Å²) in [6.45, 7) is 7.85. The molecule has 0 aromatic rings. The Morgan fingerprint density at radius 1 is 0.903 bits per heavy atom. The third-order valence-corrected chi connectivity index (χ3v) is 6.77. The van der Waals surface area contributed by atoms with Crippen LogP contribution in [0, 0.1) is 11.8 Å². The molecular weight excluding hydrogens is 396 g/mol. The van der Waals surface area contributed by atoms with Crippen molar-refractivity contribution in [2.45, 2.75) is 116 Å². The summed E-state index contributed by atoms with van der Waals surface area (Å²) in [7, 11) is 0. The Balaban J connectivity index is 1.58. The highest BCUT2D eigenvalue weighted by Gasteiger charge is 2.28. The van der Waals surface area contributed by atoms with E-state index < -0.39 is 6.09 Å². The zero-order valence-corrected chi connectivity index (χ0v) is 19.7. The molecule has 8 nitrogen and oxygen atoms in total. The molecule has 2 saturated carbocycles. The van der Waals surface area contributed by atoms with Crippen molar-refractivity contribution in [2.24, 2.45) is 17.0 Å². The van der Waals surface area contributed by atoms with Gasteiger partial charge in [-0.3, -0.25) is 4.84 Å². The number of hydroxylamine groups is 1. The Morgan fingerprint density at radius 3 is 1.90 bits per heavy atom. The predicted octanol–water partition coefficient (Wildman–Crippen LogP) is 5.04. The van der Waals surface area contributed by atoms with Crippen LogP contribution >= 0.6 is 0 Å². The third kappa shape index (κ3) is 9.89. The number of oxime groups is 1. The summed E-state index contributed by atoms with van der Waals surface area (Å²) >= 11 is 0. The van der Waals surface area contributed by atoms with E-state index in [9.17, 15) is 9.59 Å². The molecule has 0 radical (unpaired) electrons. The van der Waals surface area contributed by atoms with Crippen LogP contribution in [0.15, 0.2) is 5.16 Å². The lowest BCUT2D eigenvalue weighted by Crippen LogP contribution is -2.41. The first-order valence-corrected chi connectivity index (χ1v) is 12.1. The number of carbonyl (C=O) groups excluding carboxylic acids is 2. The normalized spacial score (nSPS) is 27.8. The van der Waals surface area contributed by atoms with Crippen LogP contribution in [0.1, 0.15) is 98.3 Å². The van der Waals surface area contributed by atoms with E-state index in [2.05, 4.69) is 21.3 Å². The van der Waals surface area contributed by atoms with Crippen LogP contribution in [-0.4, -0.2) is 36.0 Å². The van der Waals surface area contributed by atoms with Gasteiger partial charge < -0.3 is 15.5 Å². The number of rotatable bonds is 9. The van der Waals surface area contributed by atoms with Crippen molar-refractivity contribution in [3.8, 4) is 0 Å². The van der Waals surface area contributed by atoms with Gasteiger partial charge in [0.2, 0.25) is 0 Å². The molecule has 1 unspecified atom stereocenters. The molecule has 8 heteroatoms. The minimum absolute atomic E-state index is 0.163. The van der Waals surface area contributed by atoms with Crippen molar-refractivity contribution in [3.05, 3.63) is 0 Å². The summed E-state index contributed by atoms with van der Waals surface area (Å²) in [4.78, 5) is 33.7. The number of nitrogens with one attached hydrogen (secondary N) is 3. The van der Waals surface area contributed by atoms with Gasteiger partial charge in [0.1, 0.15) is 0 Å². The summed E-state index contributed by atoms with van der Waals surface area (Å²) in [6, 6.07) is 0.569. The number of nitrogens with zero attached hydrogens (tertiary/aromatic N) is 1. The molecule has 1 atom stereocenters. The maximum atomic E-state index is 11.9. The van der Waals surface area contributed by atoms with Gasteiger partial charge in [-0.05, 0) is 96.3 Å². The molecule has 2 aliphatic rings. The standard InChI is InChI=1S/C23H42N4O4/c1-5-16(3)26-30-22(28)24-20-11-7-18(8-12-20)15-19-9-13-21(14-10-19)25-23(29)31-27-17(4)6-2/h16,18-21,26H,5-15H2,1-4H3,(H,24,28)(H,25,29)/b27-17+. The average molecular weight is 439 g/mol. The summed E-state index contributed by atoms with van der Waals surface area (Å²) in [5.41, 5.74) is 3.57. The van der Waals surface area contributed by atoms with Crippen molar-refractivity contribution in [2.75, 3.05) is 0 Å². The fraction of sp³-hybridized carbons (Fsp3) is 0.870. The molecule has 0 aromatic carbocycles. The highest BCUT2D eigenvalue weighted by Crippen LogP contribution is 2.35. The van der Waals surface area contributed by atoms with Crippen molar-refractivity contribution >= 4 is 17.9 Å².